The molecule has 1 aromatic rings. The summed E-state index contributed by atoms with van der Waals surface area (Å²) in [6, 6.07) is 0. The Kier molecular flexibility index (Phi) is 2.53. The van der Waals surface area contributed by atoms with Crippen molar-refractivity contribution in [2.24, 2.45) is 0 Å². The zero-order valence-electron chi connectivity index (χ0n) is 5.58. The summed E-state index contributed by atoms with van der Waals surface area (Å²) in [5, 5.41) is 8.28. The monoisotopic (exact) mass is 152 g/mol. The molecular weight excluding hydrogens is 147 g/mol. The second-order valence-corrected chi connectivity index (χ2v) is 1.68. The highest BCUT2D eigenvalue weighted by atomic mass is 19.1. The Labute approximate surface area is 62.9 Å². The third-order valence-electron chi connectivity index (χ3n) is 0.900. The summed E-state index contributed by atoms with van der Waals surface area (Å²) in [6.45, 7) is -0.249. The van der Waals surface area contributed by atoms with Crippen LogP contribution in [0.15, 0.2) is 12.4 Å². The third-order valence-corrected chi connectivity index (χ3v) is 0.900. The van der Waals surface area contributed by atoms with Gasteiger partial charge in [-0.2, -0.15) is 0 Å². The largest absolute Gasteiger partial charge is 0.384 e. The van der Waals surface area contributed by atoms with E-state index < -0.39 is 5.82 Å². The van der Waals surface area contributed by atoms with E-state index in [4.69, 9.17) is 5.11 Å². The number of aliphatic hydroxyl groups is 1. The molecular formula is C7H5FN2O. The van der Waals surface area contributed by atoms with E-state index in [1.165, 1.54) is 0 Å². The standard InChI is InChI=1S/C7H5FN2O/c8-6-4-9-7(10-5-6)2-1-3-11/h4-5,11H,3H2. The van der Waals surface area contributed by atoms with E-state index in [2.05, 4.69) is 21.8 Å². The minimum Gasteiger partial charge on any atom is -0.384 e. The van der Waals surface area contributed by atoms with E-state index >= 15 is 0 Å². The molecule has 0 aliphatic carbocycles. The summed E-state index contributed by atoms with van der Waals surface area (Å²) >= 11 is 0. The highest BCUT2D eigenvalue weighted by Crippen LogP contribution is 1.90. The van der Waals surface area contributed by atoms with Crippen molar-refractivity contribution >= 4 is 0 Å². The topological polar surface area (TPSA) is 46.0 Å². The molecule has 56 valence electrons. The predicted octanol–water partition coefficient (Wildman–Crippen LogP) is -0.0405. The van der Waals surface area contributed by atoms with Crippen molar-refractivity contribution in [2.75, 3.05) is 6.61 Å². The van der Waals surface area contributed by atoms with Gasteiger partial charge in [0.15, 0.2) is 5.82 Å². The molecule has 11 heavy (non-hydrogen) atoms. The van der Waals surface area contributed by atoms with Gasteiger partial charge in [-0.3, -0.25) is 0 Å². The maximum atomic E-state index is 12.2. The van der Waals surface area contributed by atoms with Crippen LogP contribution in [0.4, 0.5) is 4.39 Å². The van der Waals surface area contributed by atoms with Crippen LogP contribution < -0.4 is 0 Å². The quantitative estimate of drug-likeness (QED) is 0.530. The molecule has 0 aromatic carbocycles. The number of nitrogens with zero attached hydrogens (tertiary/aromatic N) is 2. The van der Waals surface area contributed by atoms with Gasteiger partial charge in [-0.15, -0.1) is 0 Å². The minimum absolute atomic E-state index is 0.209. The summed E-state index contributed by atoms with van der Waals surface area (Å²) in [7, 11) is 0. The molecule has 0 saturated heterocycles. The van der Waals surface area contributed by atoms with Gasteiger partial charge in [-0.25, -0.2) is 14.4 Å². The lowest BCUT2D eigenvalue weighted by Crippen LogP contribution is -1.89. The first-order valence-electron chi connectivity index (χ1n) is 2.90. The van der Waals surface area contributed by atoms with Gasteiger partial charge in [0, 0.05) is 0 Å². The van der Waals surface area contributed by atoms with Gasteiger partial charge in [-0.05, 0) is 5.92 Å². The SMILES string of the molecule is OCC#Cc1ncc(F)cn1. The molecule has 1 rings (SSSR count). The van der Waals surface area contributed by atoms with Gasteiger partial charge in [-0.1, -0.05) is 5.92 Å². The van der Waals surface area contributed by atoms with Crippen LogP contribution in [-0.2, 0) is 0 Å². The van der Waals surface area contributed by atoms with Gasteiger partial charge < -0.3 is 5.11 Å². The average Bonchev–Trinajstić information content (AvgIpc) is 2.04. The highest BCUT2D eigenvalue weighted by Gasteiger charge is 1.90. The van der Waals surface area contributed by atoms with Gasteiger partial charge in [0.05, 0.1) is 12.4 Å². The molecule has 1 aromatic heterocycles. The Bertz CT molecular complexity index is 286. The van der Waals surface area contributed by atoms with E-state index in [1.807, 2.05) is 0 Å². The van der Waals surface area contributed by atoms with Crippen molar-refractivity contribution in [2.45, 2.75) is 0 Å². The van der Waals surface area contributed by atoms with Gasteiger partial charge >= 0.3 is 0 Å². The fourth-order valence-electron chi connectivity index (χ4n) is 0.495. The maximum Gasteiger partial charge on any atom is 0.205 e. The van der Waals surface area contributed by atoms with E-state index in [1.54, 1.807) is 0 Å². The first kappa shape index (κ1) is 7.63. The summed E-state index contributed by atoms with van der Waals surface area (Å²) in [4.78, 5) is 7.09. The molecule has 3 nitrogen and oxygen atoms in total. The Morgan fingerprint density at radius 1 is 1.45 bits per heavy atom. The Balaban J connectivity index is 2.82. The lowest BCUT2D eigenvalue weighted by molar-refractivity contribution is 0.350. The minimum atomic E-state index is -0.500. The number of hydrogen-bond acceptors (Lipinski definition) is 3. The van der Waals surface area contributed by atoms with Crippen LogP contribution in [-0.4, -0.2) is 21.7 Å². The van der Waals surface area contributed by atoms with Gasteiger partial charge in [0.25, 0.3) is 0 Å². The number of aliphatic hydroxyl groups excluding tert-OH is 1. The molecule has 1 N–H and O–H groups in total. The van der Waals surface area contributed by atoms with Crippen LogP contribution >= 0.6 is 0 Å². The van der Waals surface area contributed by atoms with Gasteiger partial charge in [0.2, 0.25) is 5.82 Å². The van der Waals surface area contributed by atoms with Crippen molar-refractivity contribution in [3.63, 3.8) is 0 Å². The fourth-order valence-corrected chi connectivity index (χ4v) is 0.495. The molecule has 0 unspecified atom stereocenters. The van der Waals surface area contributed by atoms with Crippen LogP contribution in [0.25, 0.3) is 0 Å². The molecule has 0 aliphatic heterocycles. The predicted molar refractivity (Wildman–Crippen MR) is 36.0 cm³/mol. The van der Waals surface area contributed by atoms with Crippen LogP contribution in [0.2, 0.25) is 0 Å². The molecule has 0 saturated carbocycles. The maximum absolute atomic E-state index is 12.2. The van der Waals surface area contributed by atoms with Crippen molar-refractivity contribution in [3.8, 4) is 11.8 Å². The van der Waals surface area contributed by atoms with Crippen molar-refractivity contribution in [1.82, 2.24) is 9.97 Å². The number of rotatable bonds is 0. The molecule has 0 aliphatic rings. The third kappa shape index (κ3) is 2.32. The highest BCUT2D eigenvalue weighted by molar-refractivity contribution is 5.19. The molecule has 4 heteroatoms. The molecule has 0 fully saturated rings. The van der Waals surface area contributed by atoms with E-state index in [9.17, 15) is 4.39 Å². The lowest BCUT2D eigenvalue weighted by Gasteiger charge is -1.86. The first-order valence-corrected chi connectivity index (χ1v) is 2.90. The Morgan fingerprint density at radius 3 is 2.64 bits per heavy atom. The number of hydrogen-bond donors (Lipinski definition) is 1. The van der Waals surface area contributed by atoms with Crippen LogP contribution in [0.1, 0.15) is 5.82 Å². The molecule has 0 radical (unpaired) electrons. The first-order chi connectivity index (χ1) is 5.33. The van der Waals surface area contributed by atoms with Crippen molar-refractivity contribution in [1.29, 1.82) is 0 Å². The summed E-state index contributed by atoms with van der Waals surface area (Å²) in [5.74, 6) is 4.48. The second kappa shape index (κ2) is 3.64. The molecule has 0 bridgehead atoms. The summed E-state index contributed by atoms with van der Waals surface area (Å²) in [6.07, 6.45) is 2.04. The molecule has 1 heterocycles. The van der Waals surface area contributed by atoms with Crippen LogP contribution in [0.3, 0.4) is 0 Å². The summed E-state index contributed by atoms with van der Waals surface area (Å²) in [5.41, 5.74) is 0. The molecule has 0 spiro atoms. The van der Waals surface area contributed by atoms with Crippen LogP contribution in [0, 0.1) is 17.7 Å². The molecule has 0 atom stereocenters. The van der Waals surface area contributed by atoms with Crippen LogP contribution in [0.5, 0.6) is 0 Å². The normalized spacial score (nSPS) is 8.55. The lowest BCUT2D eigenvalue weighted by atomic mass is 10.5. The zero-order valence-corrected chi connectivity index (χ0v) is 5.58. The van der Waals surface area contributed by atoms with Crippen molar-refractivity contribution < 1.29 is 9.50 Å². The Hall–Kier alpha value is -1.47. The number of aromatic nitrogens is 2. The zero-order chi connectivity index (χ0) is 8.10. The van der Waals surface area contributed by atoms with E-state index in [0.717, 1.165) is 12.4 Å². The van der Waals surface area contributed by atoms with Gasteiger partial charge in [0.1, 0.15) is 6.61 Å². The number of halogens is 1. The molecule has 0 amide bonds. The Morgan fingerprint density at radius 2 is 2.09 bits per heavy atom. The fraction of sp³-hybridized carbons (Fsp3) is 0.143. The van der Waals surface area contributed by atoms with E-state index in [0.29, 0.717) is 0 Å². The van der Waals surface area contributed by atoms with E-state index in [-0.39, 0.29) is 12.4 Å². The van der Waals surface area contributed by atoms with Crippen molar-refractivity contribution in [3.05, 3.63) is 24.0 Å². The average molecular weight is 152 g/mol. The smallest absolute Gasteiger partial charge is 0.205 e. The second-order valence-electron chi connectivity index (χ2n) is 1.68. The summed E-state index contributed by atoms with van der Waals surface area (Å²) < 4.78 is 12.2.